The Balaban J connectivity index is 1.64. The third kappa shape index (κ3) is 3.96. The molecule has 4 saturated carbocycles. The largest absolute Gasteiger partial charge is 0.472 e. The molecule has 46 heavy (non-hydrogen) atoms. The predicted molar refractivity (Wildman–Crippen MR) is 153 cm³/mol. The van der Waals surface area contributed by atoms with E-state index in [1.54, 1.807) is 19.9 Å². The Morgan fingerprint density at radius 1 is 0.957 bits per heavy atom. The van der Waals surface area contributed by atoms with Crippen molar-refractivity contribution in [3.05, 3.63) is 24.2 Å². The Labute approximate surface area is 266 Å². The number of esters is 5. The number of methoxy groups -OCH3 is 1. The minimum absolute atomic E-state index is 0.0374. The van der Waals surface area contributed by atoms with Crippen molar-refractivity contribution in [2.45, 2.75) is 103 Å². The fraction of sp³-hybridized carbons (Fsp3) is 0.727. The van der Waals surface area contributed by atoms with Crippen LogP contribution in [0.3, 0.4) is 0 Å². The number of carbonyl (C=O) groups is 5. The Bertz CT molecular complexity index is 1470. The van der Waals surface area contributed by atoms with Gasteiger partial charge in [0.15, 0.2) is 0 Å². The first kappa shape index (κ1) is 32.5. The number of carbonyl (C=O) groups excluding carboxylic acids is 5. The van der Waals surface area contributed by atoms with Gasteiger partial charge in [-0.05, 0) is 24.8 Å². The highest BCUT2D eigenvalue weighted by Crippen LogP contribution is 2.81. The first-order chi connectivity index (χ1) is 21.4. The zero-order valence-corrected chi connectivity index (χ0v) is 27.1. The van der Waals surface area contributed by atoms with Gasteiger partial charge in [0.2, 0.25) is 0 Å². The zero-order chi connectivity index (χ0) is 33.8. The standard InChI is InChI=1S/C33H42O13/c1-15(34)43-22-10-21-31(6)19(11-23(37)41-7)29(4)14-32(31,39)25(27(29)44-16(2)35)28(45-17(3)36)33(21,40)20-12-24(38)46-26(30(20,22)5)18-8-9-42-13-18/h8-9,13,19-22,25-28,39-40H,10-12,14H2,1-7H3. The third-order valence-electron chi connectivity index (χ3n) is 12.7. The number of rotatable bonds is 6. The molecule has 4 aliphatic carbocycles. The molecule has 2 N–H and O–H groups in total. The Morgan fingerprint density at radius 3 is 2.15 bits per heavy atom. The lowest BCUT2D eigenvalue weighted by Crippen LogP contribution is -2.82. The summed E-state index contributed by atoms with van der Waals surface area (Å²) in [4.78, 5) is 64.6. The summed E-state index contributed by atoms with van der Waals surface area (Å²) < 4.78 is 34.3. The van der Waals surface area contributed by atoms with E-state index in [0.717, 1.165) is 0 Å². The van der Waals surface area contributed by atoms with E-state index >= 15 is 0 Å². The number of hydrogen-bond acceptors (Lipinski definition) is 13. The molecule has 1 aliphatic heterocycles. The van der Waals surface area contributed by atoms with Crippen LogP contribution in [0.1, 0.15) is 78.9 Å². The molecule has 252 valence electrons. The SMILES string of the molecule is COC(=O)CC1C2(C)CC3(O)C(C2OC(C)=O)C(OC(C)=O)C2(O)C4CC(=O)OC(c5ccoc5)C4(C)C(OC(C)=O)CC2C13C. The molecule has 1 aromatic heterocycles. The lowest BCUT2D eigenvalue weighted by Gasteiger charge is -2.72. The summed E-state index contributed by atoms with van der Waals surface area (Å²) in [5.74, 6) is -7.12. The van der Waals surface area contributed by atoms with E-state index in [-0.39, 0.29) is 25.7 Å². The van der Waals surface area contributed by atoms with Crippen LogP contribution < -0.4 is 0 Å². The highest BCUT2D eigenvalue weighted by molar-refractivity contribution is 5.73. The van der Waals surface area contributed by atoms with Crippen LogP contribution in [0, 0.1) is 39.9 Å². The quantitative estimate of drug-likeness (QED) is 0.339. The lowest BCUT2D eigenvalue weighted by atomic mass is 9.36. The summed E-state index contributed by atoms with van der Waals surface area (Å²) in [6, 6.07) is 1.62. The molecule has 0 amide bonds. The summed E-state index contributed by atoms with van der Waals surface area (Å²) in [7, 11) is 1.25. The average Bonchev–Trinajstić information content (AvgIpc) is 3.61. The summed E-state index contributed by atoms with van der Waals surface area (Å²) in [6.45, 7) is 9.03. The maximum atomic E-state index is 13.5. The zero-order valence-electron chi connectivity index (χ0n) is 27.1. The van der Waals surface area contributed by atoms with E-state index in [0.29, 0.717) is 5.56 Å². The molecular weight excluding hydrogens is 604 g/mol. The predicted octanol–water partition coefficient (Wildman–Crippen LogP) is 2.41. The maximum Gasteiger partial charge on any atom is 0.306 e. The molecule has 1 saturated heterocycles. The van der Waals surface area contributed by atoms with Gasteiger partial charge < -0.3 is 38.3 Å². The van der Waals surface area contributed by atoms with Crippen molar-refractivity contribution >= 4 is 29.8 Å². The molecular formula is C33H42O13. The Morgan fingerprint density at radius 2 is 1.59 bits per heavy atom. The fourth-order valence-corrected chi connectivity index (χ4v) is 11.2. The van der Waals surface area contributed by atoms with Crippen LogP contribution in [0.15, 0.2) is 23.0 Å². The van der Waals surface area contributed by atoms with Gasteiger partial charge in [0.05, 0.1) is 43.0 Å². The molecule has 13 atom stereocenters. The van der Waals surface area contributed by atoms with Gasteiger partial charge in [-0.3, -0.25) is 24.0 Å². The van der Waals surface area contributed by atoms with Crippen molar-refractivity contribution in [3.8, 4) is 0 Å². The van der Waals surface area contributed by atoms with Crippen molar-refractivity contribution in [2.24, 2.45) is 39.9 Å². The average molecular weight is 647 g/mol. The number of furan rings is 1. The molecule has 2 heterocycles. The van der Waals surface area contributed by atoms with Crippen molar-refractivity contribution in [2.75, 3.05) is 7.11 Å². The normalized spacial score (nSPS) is 46.8. The summed E-state index contributed by atoms with van der Waals surface area (Å²) in [5.41, 5.74) is -6.95. The lowest BCUT2D eigenvalue weighted by molar-refractivity contribution is -0.365. The third-order valence-corrected chi connectivity index (χ3v) is 12.7. The molecule has 0 aromatic carbocycles. The topological polar surface area (TPSA) is 185 Å². The molecule has 13 nitrogen and oxygen atoms in total. The first-order valence-electron chi connectivity index (χ1n) is 15.6. The monoisotopic (exact) mass is 646 g/mol. The number of fused-ring (bicyclic) bond motifs is 5. The minimum Gasteiger partial charge on any atom is -0.472 e. The van der Waals surface area contributed by atoms with E-state index in [4.69, 9.17) is 28.1 Å². The molecule has 0 spiro atoms. The van der Waals surface area contributed by atoms with Crippen LogP contribution in [-0.2, 0) is 47.7 Å². The molecule has 13 unspecified atom stereocenters. The number of hydrogen-bond donors (Lipinski definition) is 2. The van der Waals surface area contributed by atoms with Gasteiger partial charge in [0.1, 0.15) is 30.0 Å². The molecule has 13 heteroatoms. The van der Waals surface area contributed by atoms with E-state index in [1.165, 1.54) is 40.4 Å². The van der Waals surface area contributed by atoms with Gasteiger partial charge in [0.25, 0.3) is 0 Å². The highest BCUT2D eigenvalue weighted by atomic mass is 16.6. The van der Waals surface area contributed by atoms with Crippen LogP contribution in [-0.4, -0.2) is 76.7 Å². The van der Waals surface area contributed by atoms with Crippen LogP contribution in [0.5, 0.6) is 0 Å². The highest BCUT2D eigenvalue weighted by Gasteiger charge is 2.89. The Kier molecular flexibility index (Phi) is 7.26. The van der Waals surface area contributed by atoms with E-state index in [9.17, 15) is 34.2 Å². The summed E-state index contributed by atoms with van der Waals surface area (Å²) in [5, 5.41) is 26.4. The van der Waals surface area contributed by atoms with Gasteiger partial charge in [-0.2, -0.15) is 0 Å². The summed E-state index contributed by atoms with van der Waals surface area (Å²) >= 11 is 0. The van der Waals surface area contributed by atoms with Crippen molar-refractivity contribution in [1.82, 2.24) is 0 Å². The van der Waals surface area contributed by atoms with Gasteiger partial charge in [-0.1, -0.05) is 20.8 Å². The second-order valence-electron chi connectivity index (χ2n) is 14.6. The van der Waals surface area contributed by atoms with Crippen LogP contribution in [0.2, 0.25) is 0 Å². The first-order valence-corrected chi connectivity index (χ1v) is 15.6. The second-order valence-corrected chi connectivity index (χ2v) is 14.6. The second kappa shape index (κ2) is 10.3. The van der Waals surface area contributed by atoms with Gasteiger partial charge in [-0.25, -0.2) is 0 Å². The molecule has 5 aliphatic rings. The number of cyclic esters (lactones) is 1. The van der Waals surface area contributed by atoms with Crippen molar-refractivity contribution in [3.63, 3.8) is 0 Å². The molecule has 0 radical (unpaired) electrons. The van der Waals surface area contributed by atoms with Crippen molar-refractivity contribution < 1.29 is 62.3 Å². The smallest absolute Gasteiger partial charge is 0.306 e. The number of aliphatic hydroxyl groups is 2. The van der Waals surface area contributed by atoms with E-state index in [1.807, 2.05) is 6.92 Å². The van der Waals surface area contributed by atoms with E-state index < -0.39 is 105 Å². The van der Waals surface area contributed by atoms with Crippen molar-refractivity contribution in [1.29, 1.82) is 0 Å². The fourth-order valence-electron chi connectivity index (χ4n) is 11.2. The van der Waals surface area contributed by atoms with Crippen LogP contribution >= 0.6 is 0 Å². The summed E-state index contributed by atoms with van der Waals surface area (Å²) in [6.07, 6.45) is -2.21. The molecule has 1 aromatic rings. The number of ether oxygens (including phenoxy) is 5. The molecule has 2 bridgehead atoms. The Hall–Kier alpha value is -3.45. The molecule has 5 fully saturated rings. The van der Waals surface area contributed by atoms with Gasteiger partial charge in [0, 0.05) is 55.4 Å². The molecule has 6 rings (SSSR count). The van der Waals surface area contributed by atoms with E-state index in [2.05, 4.69) is 0 Å². The van der Waals surface area contributed by atoms with Gasteiger partial charge in [-0.15, -0.1) is 0 Å². The maximum absolute atomic E-state index is 13.5. The van der Waals surface area contributed by atoms with Crippen LogP contribution in [0.25, 0.3) is 0 Å². The minimum atomic E-state index is -2.07. The van der Waals surface area contributed by atoms with Crippen LogP contribution in [0.4, 0.5) is 0 Å². The van der Waals surface area contributed by atoms with Gasteiger partial charge >= 0.3 is 29.8 Å².